The Morgan fingerprint density at radius 1 is 1.50 bits per heavy atom. The third-order valence-corrected chi connectivity index (χ3v) is 3.82. The van der Waals surface area contributed by atoms with Crippen LogP contribution in [0.1, 0.15) is 19.8 Å². The number of rotatable bonds is 5. The van der Waals surface area contributed by atoms with E-state index in [0.717, 1.165) is 45.6 Å². The number of piperidine rings is 1. The molecule has 2 fully saturated rings. The maximum absolute atomic E-state index is 12.1. The highest BCUT2D eigenvalue weighted by Gasteiger charge is 2.34. The molecule has 0 aliphatic carbocycles. The molecule has 1 amide bonds. The second kappa shape index (κ2) is 5.99. The smallest absolute Gasteiger partial charge is 0.248 e. The highest BCUT2D eigenvalue weighted by molar-refractivity contribution is 5.77. The van der Waals surface area contributed by atoms with Gasteiger partial charge in [0, 0.05) is 33.3 Å². The zero-order chi connectivity index (χ0) is 13.0. The van der Waals surface area contributed by atoms with E-state index in [0.29, 0.717) is 5.92 Å². The van der Waals surface area contributed by atoms with Crippen LogP contribution in [0.4, 0.5) is 0 Å². The molecule has 2 rings (SSSR count). The van der Waals surface area contributed by atoms with Gasteiger partial charge in [0.15, 0.2) is 0 Å². The SMILES string of the molecule is COCC1CCCN(C(=O)COC2(C)CNC2)C1. The van der Waals surface area contributed by atoms with Crippen molar-refractivity contribution in [2.45, 2.75) is 25.4 Å². The molecule has 0 aromatic heterocycles. The van der Waals surface area contributed by atoms with Gasteiger partial charge in [-0.15, -0.1) is 0 Å². The Labute approximate surface area is 109 Å². The van der Waals surface area contributed by atoms with Crippen LogP contribution in [0, 0.1) is 5.92 Å². The molecular formula is C13H24N2O3. The summed E-state index contributed by atoms with van der Waals surface area (Å²) in [7, 11) is 1.72. The molecule has 1 atom stereocenters. The number of amides is 1. The molecule has 1 N–H and O–H groups in total. The summed E-state index contributed by atoms with van der Waals surface area (Å²) in [6.07, 6.45) is 2.22. The van der Waals surface area contributed by atoms with Gasteiger partial charge in [-0.3, -0.25) is 4.79 Å². The highest BCUT2D eigenvalue weighted by atomic mass is 16.5. The fourth-order valence-corrected chi connectivity index (χ4v) is 2.57. The molecule has 0 aromatic carbocycles. The zero-order valence-corrected chi connectivity index (χ0v) is 11.4. The number of hydrogen-bond donors (Lipinski definition) is 1. The van der Waals surface area contributed by atoms with Gasteiger partial charge in [-0.1, -0.05) is 0 Å². The van der Waals surface area contributed by atoms with E-state index in [1.54, 1.807) is 7.11 Å². The Balaban J connectivity index is 1.74. The molecule has 104 valence electrons. The second-order valence-corrected chi connectivity index (χ2v) is 5.65. The third-order valence-electron chi connectivity index (χ3n) is 3.82. The van der Waals surface area contributed by atoms with Crippen molar-refractivity contribution in [3.8, 4) is 0 Å². The fraction of sp³-hybridized carbons (Fsp3) is 0.923. The van der Waals surface area contributed by atoms with E-state index in [9.17, 15) is 4.79 Å². The van der Waals surface area contributed by atoms with Crippen molar-refractivity contribution >= 4 is 5.91 Å². The first-order valence-corrected chi connectivity index (χ1v) is 6.74. The summed E-state index contributed by atoms with van der Waals surface area (Å²) < 4.78 is 10.9. The Hall–Kier alpha value is -0.650. The molecule has 1 unspecified atom stereocenters. The number of likely N-dealkylation sites (tertiary alicyclic amines) is 1. The Morgan fingerprint density at radius 3 is 2.89 bits per heavy atom. The predicted molar refractivity (Wildman–Crippen MR) is 68.4 cm³/mol. The summed E-state index contributed by atoms with van der Waals surface area (Å²) in [4.78, 5) is 14.0. The van der Waals surface area contributed by atoms with Crippen molar-refractivity contribution in [1.82, 2.24) is 10.2 Å². The van der Waals surface area contributed by atoms with Gasteiger partial charge < -0.3 is 19.7 Å². The Bertz CT molecular complexity index is 290. The number of nitrogens with zero attached hydrogens (tertiary/aromatic N) is 1. The standard InChI is InChI=1S/C13H24N2O3/c1-13(9-14-10-13)18-8-12(16)15-5-3-4-11(6-15)7-17-2/h11,14H,3-10H2,1-2H3. The van der Waals surface area contributed by atoms with Gasteiger partial charge >= 0.3 is 0 Å². The van der Waals surface area contributed by atoms with Crippen LogP contribution in [0.5, 0.6) is 0 Å². The van der Waals surface area contributed by atoms with Crippen molar-refractivity contribution in [3.63, 3.8) is 0 Å². The molecule has 2 heterocycles. The van der Waals surface area contributed by atoms with Crippen LogP contribution in [0.25, 0.3) is 0 Å². The highest BCUT2D eigenvalue weighted by Crippen LogP contribution is 2.18. The third kappa shape index (κ3) is 3.43. The number of nitrogens with one attached hydrogen (secondary N) is 1. The first kappa shape index (κ1) is 13.8. The largest absolute Gasteiger partial charge is 0.384 e. The van der Waals surface area contributed by atoms with E-state index in [4.69, 9.17) is 9.47 Å². The minimum Gasteiger partial charge on any atom is -0.384 e. The maximum atomic E-state index is 12.1. The van der Waals surface area contributed by atoms with E-state index in [1.807, 2.05) is 11.8 Å². The first-order chi connectivity index (χ1) is 8.63. The van der Waals surface area contributed by atoms with E-state index in [2.05, 4.69) is 5.32 Å². The van der Waals surface area contributed by atoms with Crippen molar-refractivity contribution < 1.29 is 14.3 Å². The minimum atomic E-state index is -0.141. The summed E-state index contributed by atoms with van der Waals surface area (Å²) in [5.74, 6) is 0.595. The lowest BCUT2D eigenvalue weighted by Crippen LogP contribution is -2.60. The lowest BCUT2D eigenvalue weighted by Gasteiger charge is -2.40. The zero-order valence-electron chi connectivity index (χ0n) is 11.4. The van der Waals surface area contributed by atoms with Crippen LogP contribution >= 0.6 is 0 Å². The predicted octanol–water partition coefficient (Wildman–Crippen LogP) is 0.250. The van der Waals surface area contributed by atoms with Gasteiger partial charge in [0.05, 0.1) is 12.2 Å². The number of carbonyl (C=O) groups is 1. The second-order valence-electron chi connectivity index (χ2n) is 5.65. The molecule has 0 radical (unpaired) electrons. The van der Waals surface area contributed by atoms with Gasteiger partial charge in [0.1, 0.15) is 6.61 Å². The number of hydrogen-bond acceptors (Lipinski definition) is 4. The van der Waals surface area contributed by atoms with Crippen LogP contribution in [-0.2, 0) is 14.3 Å². The molecular weight excluding hydrogens is 232 g/mol. The Morgan fingerprint density at radius 2 is 2.28 bits per heavy atom. The summed E-state index contributed by atoms with van der Waals surface area (Å²) >= 11 is 0. The number of methoxy groups -OCH3 is 1. The van der Waals surface area contributed by atoms with Crippen molar-refractivity contribution in [1.29, 1.82) is 0 Å². The molecule has 2 aliphatic heterocycles. The van der Waals surface area contributed by atoms with Gasteiger partial charge in [-0.2, -0.15) is 0 Å². The number of carbonyl (C=O) groups excluding carboxylic acids is 1. The molecule has 2 aliphatic rings. The summed E-state index contributed by atoms with van der Waals surface area (Å²) in [5.41, 5.74) is -0.141. The average molecular weight is 256 g/mol. The lowest BCUT2D eigenvalue weighted by atomic mass is 9.99. The molecule has 18 heavy (non-hydrogen) atoms. The fourth-order valence-electron chi connectivity index (χ4n) is 2.57. The number of ether oxygens (including phenoxy) is 2. The molecule has 5 nitrogen and oxygen atoms in total. The summed E-state index contributed by atoms with van der Waals surface area (Å²) in [5, 5.41) is 3.16. The molecule has 5 heteroatoms. The molecule has 2 saturated heterocycles. The minimum absolute atomic E-state index is 0.115. The van der Waals surface area contributed by atoms with Crippen molar-refractivity contribution in [2.75, 3.05) is 46.5 Å². The van der Waals surface area contributed by atoms with Crippen LogP contribution in [0.2, 0.25) is 0 Å². The molecule has 0 spiro atoms. The van der Waals surface area contributed by atoms with Crippen molar-refractivity contribution in [3.05, 3.63) is 0 Å². The van der Waals surface area contributed by atoms with Crippen LogP contribution in [0.3, 0.4) is 0 Å². The molecule has 0 aromatic rings. The summed E-state index contributed by atoms with van der Waals surface area (Å²) in [6, 6.07) is 0. The van der Waals surface area contributed by atoms with Gasteiger partial charge in [-0.05, 0) is 25.7 Å². The van der Waals surface area contributed by atoms with E-state index >= 15 is 0 Å². The summed E-state index contributed by atoms with van der Waals surface area (Å²) in [6.45, 7) is 6.34. The average Bonchev–Trinajstić information content (AvgIpc) is 2.34. The van der Waals surface area contributed by atoms with E-state index in [1.165, 1.54) is 0 Å². The topological polar surface area (TPSA) is 50.8 Å². The quantitative estimate of drug-likeness (QED) is 0.766. The Kier molecular flexibility index (Phi) is 4.59. The normalized spacial score (nSPS) is 26.8. The van der Waals surface area contributed by atoms with Gasteiger partial charge in [-0.25, -0.2) is 0 Å². The monoisotopic (exact) mass is 256 g/mol. The van der Waals surface area contributed by atoms with Gasteiger partial charge in [0.25, 0.3) is 0 Å². The molecule has 0 saturated carbocycles. The van der Waals surface area contributed by atoms with Crippen LogP contribution in [0.15, 0.2) is 0 Å². The molecule has 0 bridgehead atoms. The van der Waals surface area contributed by atoms with Gasteiger partial charge in [0.2, 0.25) is 5.91 Å². The lowest BCUT2D eigenvalue weighted by molar-refractivity contribution is -0.148. The maximum Gasteiger partial charge on any atom is 0.248 e. The van der Waals surface area contributed by atoms with Crippen LogP contribution < -0.4 is 5.32 Å². The first-order valence-electron chi connectivity index (χ1n) is 6.74. The van der Waals surface area contributed by atoms with E-state index in [-0.39, 0.29) is 18.1 Å². The van der Waals surface area contributed by atoms with Crippen molar-refractivity contribution in [2.24, 2.45) is 5.92 Å². The van der Waals surface area contributed by atoms with Crippen LogP contribution in [-0.4, -0.2) is 62.9 Å². The van der Waals surface area contributed by atoms with E-state index < -0.39 is 0 Å².